The van der Waals surface area contributed by atoms with E-state index in [9.17, 15) is 4.79 Å². The fourth-order valence-corrected chi connectivity index (χ4v) is 2.24. The fraction of sp³-hybridized carbons (Fsp3) is 0.938. The van der Waals surface area contributed by atoms with Crippen molar-refractivity contribution in [2.24, 2.45) is 0 Å². The van der Waals surface area contributed by atoms with Gasteiger partial charge in [0, 0.05) is 13.0 Å². The molecule has 2 nitrogen and oxygen atoms in total. The third-order valence-electron chi connectivity index (χ3n) is 3.38. The minimum absolute atomic E-state index is 0. The Kier molecular flexibility index (Phi) is 22.5. The van der Waals surface area contributed by atoms with Crippen LogP contribution in [-0.2, 0) is 4.79 Å². The molecule has 1 N–H and O–H groups in total. The average molecular weight is 296 g/mol. The Labute approximate surface area is 163 Å². The maximum atomic E-state index is 11.2. The first-order valence-electron chi connectivity index (χ1n) is 8.08. The van der Waals surface area contributed by atoms with E-state index in [-0.39, 0.29) is 57.3 Å². The van der Waals surface area contributed by atoms with Gasteiger partial charge in [0.1, 0.15) is 0 Å². The van der Waals surface area contributed by atoms with Gasteiger partial charge in [0.05, 0.1) is 0 Å². The molecule has 19 heavy (non-hydrogen) atoms. The third kappa shape index (κ3) is 19.1. The molecule has 0 aromatic carbocycles. The Morgan fingerprint density at radius 3 is 1.58 bits per heavy atom. The van der Waals surface area contributed by atoms with Gasteiger partial charge in [-0.1, -0.05) is 71.1 Å². The molecule has 0 aliphatic heterocycles. The van der Waals surface area contributed by atoms with E-state index in [1.54, 1.807) is 0 Å². The Balaban J connectivity index is 0. The number of hydrogen-bond acceptors (Lipinski definition) is 1. The van der Waals surface area contributed by atoms with Crippen LogP contribution in [0.15, 0.2) is 0 Å². The van der Waals surface area contributed by atoms with E-state index < -0.39 is 0 Å². The normalized spacial score (nSPS) is 10.0. The van der Waals surface area contributed by atoms with E-state index in [0.717, 1.165) is 13.0 Å². The number of rotatable bonds is 13. The van der Waals surface area contributed by atoms with E-state index >= 15 is 0 Å². The first-order chi connectivity index (χ1) is 8.81. The summed E-state index contributed by atoms with van der Waals surface area (Å²) >= 11 is 0. The van der Waals surface area contributed by atoms with Crippen molar-refractivity contribution in [3.8, 4) is 0 Å². The summed E-state index contributed by atoms with van der Waals surface area (Å²) in [6.45, 7) is 5.00. The van der Waals surface area contributed by atoms with Crippen LogP contribution in [0.4, 0.5) is 0 Å². The zero-order valence-electron chi connectivity index (χ0n) is 12.6. The van der Waals surface area contributed by atoms with Crippen molar-refractivity contribution in [3.63, 3.8) is 0 Å². The second-order valence-electron chi connectivity index (χ2n) is 5.24. The standard InChI is InChI=1S/C16H33NO.K.H/c1-3-5-6-7-8-9-10-11-12-13-14-15-16(18)17-4-2;;/h3-15H2,1-2H3,(H,17,18);;. The Morgan fingerprint density at radius 2 is 1.16 bits per heavy atom. The van der Waals surface area contributed by atoms with Gasteiger partial charge in [-0.3, -0.25) is 4.79 Å². The topological polar surface area (TPSA) is 29.1 Å². The van der Waals surface area contributed by atoms with Crippen LogP contribution >= 0.6 is 0 Å². The van der Waals surface area contributed by atoms with Crippen LogP contribution in [-0.4, -0.2) is 63.8 Å². The molecule has 0 radical (unpaired) electrons. The van der Waals surface area contributed by atoms with Crippen LogP contribution in [0.3, 0.4) is 0 Å². The third-order valence-corrected chi connectivity index (χ3v) is 3.38. The van der Waals surface area contributed by atoms with Gasteiger partial charge in [0.2, 0.25) is 5.91 Å². The molecule has 0 aliphatic carbocycles. The summed E-state index contributed by atoms with van der Waals surface area (Å²) in [7, 11) is 0. The first-order valence-corrected chi connectivity index (χ1v) is 8.08. The van der Waals surface area contributed by atoms with Gasteiger partial charge >= 0.3 is 51.4 Å². The number of unbranched alkanes of at least 4 members (excludes halogenated alkanes) is 10. The van der Waals surface area contributed by atoms with Gasteiger partial charge in [0.15, 0.2) is 0 Å². The van der Waals surface area contributed by atoms with E-state index in [1.165, 1.54) is 64.2 Å². The first kappa shape index (κ1) is 22.4. The van der Waals surface area contributed by atoms with Gasteiger partial charge in [-0.25, -0.2) is 0 Å². The summed E-state index contributed by atoms with van der Waals surface area (Å²) in [5.41, 5.74) is 0. The van der Waals surface area contributed by atoms with Crippen molar-refractivity contribution in [1.82, 2.24) is 5.32 Å². The molecule has 0 bridgehead atoms. The molecule has 1 amide bonds. The van der Waals surface area contributed by atoms with Crippen molar-refractivity contribution in [1.29, 1.82) is 0 Å². The van der Waals surface area contributed by atoms with Crippen LogP contribution in [0.1, 0.15) is 90.9 Å². The van der Waals surface area contributed by atoms with Crippen LogP contribution in [0.2, 0.25) is 0 Å². The Bertz CT molecular complexity index is 186. The van der Waals surface area contributed by atoms with Gasteiger partial charge < -0.3 is 5.32 Å². The molecule has 0 aromatic rings. The molecule has 0 fully saturated rings. The van der Waals surface area contributed by atoms with E-state index in [1.807, 2.05) is 6.92 Å². The van der Waals surface area contributed by atoms with Crippen LogP contribution in [0, 0.1) is 0 Å². The summed E-state index contributed by atoms with van der Waals surface area (Å²) in [5, 5.41) is 2.84. The molecule has 0 aromatic heterocycles. The zero-order chi connectivity index (χ0) is 13.5. The molecule has 0 aliphatic rings. The van der Waals surface area contributed by atoms with Crippen molar-refractivity contribution < 1.29 is 4.79 Å². The maximum absolute atomic E-state index is 11.2. The fourth-order valence-electron chi connectivity index (χ4n) is 2.24. The molecular formula is C16H34KNO. The molecule has 0 saturated heterocycles. The average Bonchev–Trinajstić information content (AvgIpc) is 2.36. The number of amides is 1. The molecule has 0 heterocycles. The Morgan fingerprint density at radius 1 is 0.737 bits per heavy atom. The summed E-state index contributed by atoms with van der Waals surface area (Å²) in [5.74, 6) is 0.216. The number of carbonyl (C=O) groups is 1. The second-order valence-corrected chi connectivity index (χ2v) is 5.24. The van der Waals surface area contributed by atoms with Crippen LogP contribution < -0.4 is 5.32 Å². The molecular weight excluding hydrogens is 261 g/mol. The zero-order valence-corrected chi connectivity index (χ0v) is 12.6. The van der Waals surface area contributed by atoms with Crippen molar-refractivity contribution in [2.75, 3.05) is 6.54 Å². The van der Waals surface area contributed by atoms with Gasteiger partial charge in [0.25, 0.3) is 0 Å². The van der Waals surface area contributed by atoms with Gasteiger partial charge in [-0.15, -0.1) is 0 Å². The summed E-state index contributed by atoms with van der Waals surface area (Å²) < 4.78 is 0. The van der Waals surface area contributed by atoms with Crippen molar-refractivity contribution in [2.45, 2.75) is 90.9 Å². The van der Waals surface area contributed by atoms with E-state index in [4.69, 9.17) is 0 Å². The van der Waals surface area contributed by atoms with E-state index in [2.05, 4.69) is 12.2 Å². The SMILES string of the molecule is CCCCCCCCCCCCCC(=O)NCC.[KH]. The van der Waals surface area contributed by atoms with Crippen molar-refractivity contribution >= 4 is 57.3 Å². The summed E-state index contributed by atoms with van der Waals surface area (Å²) in [6, 6.07) is 0. The number of carbonyl (C=O) groups excluding carboxylic acids is 1. The number of nitrogens with one attached hydrogen (secondary N) is 1. The predicted molar refractivity (Wildman–Crippen MR) is 86.9 cm³/mol. The molecule has 0 rings (SSSR count). The molecule has 0 unspecified atom stereocenters. The van der Waals surface area contributed by atoms with E-state index in [0.29, 0.717) is 6.42 Å². The van der Waals surface area contributed by atoms with Crippen LogP contribution in [0.25, 0.3) is 0 Å². The molecule has 110 valence electrons. The van der Waals surface area contributed by atoms with Gasteiger partial charge in [-0.2, -0.15) is 0 Å². The predicted octanol–water partition coefficient (Wildman–Crippen LogP) is 4.18. The minimum atomic E-state index is 0. The molecule has 0 spiro atoms. The Hall–Kier alpha value is 1.11. The second kappa shape index (κ2) is 19.1. The molecule has 0 atom stereocenters. The summed E-state index contributed by atoms with van der Waals surface area (Å²) in [6.07, 6.45) is 15.4. The summed E-state index contributed by atoms with van der Waals surface area (Å²) in [4.78, 5) is 11.2. The quantitative estimate of drug-likeness (QED) is 0.401. The number of hydrogen-bond donors (Lipinski definition) is 1. The monoisotopic (exact) mass is 295 g/mol. The molecule has 0 saturated carbocycles. The van der Waals surface area contributed by atoms with Crippen LogP contribution in [0.5, 0.6) is 0 Å². The van der Waals surface area contributed by atoms with Gasteiger partial charge in [-0.05, 0) is 13.3 Å². The molecule has 3 heteroatoms. The van der Waals surface area contributed by atoms with Crippen molar-refractivity contribution in [3.05, 3.63) is 0 Å².